The first kappa shape index (κ1) is 36.5. The second kappa shape index (κ2) is 15.6. The smallest absolute Gasteiger partial charge is 0.366 e. The zero-order valence-corrected chi connectivity index (χ0v) is 23.4. The lowest BCUT2D eigenvalue weighted by atomic mass is 9.85. The minimum absolute atomic E-state index is 0.152. The molecule has 0 bridgehead atoms. The third kappa shape index (κ3) is 8.73. The Balaban J connectivity index is 0.000000400. The molecule has 2 fully saturated rings. The molecule has 16 heteroatoms. The number of carbonyl (C=O) groups excluding carboxylic acids is 2. The molecule has 0 aromatic heterocycles. The largest absolute Gasteiger partial charge is 0.465 e. The molecule has 0 aromatic carbocycles. The van der Waals surface area contributed by atoms with Gasteiger partial charge in [0.1, 0.15) is 24.4 Å². The molecule has 2 saturated heterocycles. The molecule has 40 heavy (non-hydrogen) atoms. The summed E-state index contributed by atoms with van der Waals surface area (Å²) in [6, 6.07) is 0. The van der Waals surface area contributed by atoms with Crippen LogP contribution in [0, 0.1) is 11.8 Å². The maximum absolute atomic E-state index is 11.5. The van der Waals surface area contributed by atoms with Crippen molar-refractivity contribution >= 4 is 11.9 Å². The average Bonchev–Trinajstić information content (AvgIpc) is 2.91. The van der Waals surface area contributed by atoms with Gasteiger partial charge in [-0.3, -0.25) is 0 Å². The number of hydrogen-bond donors (Lipinski definition) is 8. The predicted molar refractivity (Wildman–Crippen MR) is 131 cm³/mol. The molecular weight excluding hydrogens is 544 g/mol. The third-order valence-corrected chi connectivity index (χ3v) is 7.03. The van der Waals surface area contributed by atoms with E-state index in [-0.39, 0.29) is 26.1 Å². The molecule has 0 aliphatic carbocycles. The van der Waals surface area contributed by atoms with Crippen LogP contribution in [0.3, 0.4) is 0 Å². The first-order valence-electron chi connectivity index (χ1n) is 12.6. The normalized spacial score (nSPS) is 37.2. The number of esters is 2. The van der Waals surface area contributed by atoms with Gasteiger partial charge in [-0.25, -0.2) is 9.59 Å². The number of aliphatic hydroxyl groups excluding tert-OH is 6. The molecule has 2 heterocycles. The summed E-state index contributed by atoms with van der Waals surface area (Å²) in [6.07, 6.45) is -10.6. The van der Waals surface area contributed by atoms with Crippen molar-refractivity contribution < 1.29 is 78.9 Å². The standard InChI is InChI=1S/2C12H22O8/c2*1-6-7(13)4-12(17,11(16)19-3)20-10(6)9(15)8(14)5-18-2/h2*6-10,13-15,17H,4-5H2,1-3H3/t6-,7+,8-,9-,10-,12-;/m1./s1. The molecular formula is C24H44O16. The van der Waals surface area contributed by atoms with Gasteiger partial charge in [0.2, 0.25) is 0 Å². The van der Waals surface area contributed by atoms with E-state index in [4.69, 9.17) is 18.9 Å². The van der Waals surface area contributed by atoms with Gasteiger partial charge < -0.3 is 69.3 Å². The Hall–Kier alpha value is -1.54. The summed E-state index contributed by atoms with van der Waals surface area (Å²) in [5.74, 6) is -8.02. The maximum Gasteiger partial charge on any atom is 0.366 e. The average molecular weight is 589 g/mol. The van der Waals surface area contributed by atoms with Crippen LogP contribution in [0.4, 0.5) is 0 Å². The molecule has 6 unspecified atom stereocenters. The maximum atomic E-state index is 11.5. The fourth-order valence-corrected chi connectivity index (χ4v) is 4.46. The highest BCUT2D eigenvalue weighted by atomic mass is 16.7. The number of aliphatic hydroxyl groups is 8. The Morgan fingerprint density at radius 3 is 1.27 bits per heavy atom. The van der Waals surface area contributed by atoms with E-state index < -0.39 is 84.2 Å². The molecule has 0 radical (unpaired) electrons. The lowest BCUT2D eigenvalue weighted by Gasteiger charge is -2.43. The topological polar surface area (TPSA) is 251 Å². The highest BCUT2D eigenvalue weighted by Crippen LogP contribution is 2.35. The van der Waals surface area contributed by atoms with Gasteiger partial charge in [0.05, 0.1) is 51.8 Å². The molecule has 0 amide bonds. The third-order valence-electron chi connectivity index (χ3n) is 7.03. The highest BCUT2D eigenvalue weighted by Gasteiger charge is 2.53. The molecule has 2 aliphatic heterocycles. The number of hydrogen-bond acceptors (Lipinski definition) is 16. The summed E-state index contributed by atoms with van der Waals surface area (Å²) in [5.41, 5.74) is 0. The first-order valence-corrected chi connectivity index (χ1v) is 12.6. The number of rotatable bonds is 10. The molecule has 0 aromatic rings. The van der Waals surface area contributed by atoms with Gasteiger partial charge in [0, 0.05) is 38.9 Å². The first-order chi connectivity index (χ1) is 18.5. The van der Waals surface area contributed by atoms with Crippen LogP contribution in [0.2, 0.25) is 0 Å². The van der Waals surface area contributed by atoms with Crippen molar-refractivity contribution in [3.05, 3.63) is 0 Å². The minimum atomic E-state index is -2.35. The molecule has 2 rings (SSSR count). The molecule has 0 spiro atoms. The second-order valence-corrected chi connectivity index (χ2v) is 10.0. The van der Waals surface area contributed by atoms with E-state index in [2.05, 4.69) is 9.47 Å². The van der Waals surface area contributed by atoms with Crippen molar-refractivity contribution in [2.75, 3.05) is 41.7 Å². The summed E-state index contributed by atoms with van der Waals surface area (Å²) in [5, 5.41) is 79.4. The quantitative estimate of drug-likeness (QED) is 0.113. The van der Waals surface area contributed by atoms with Crippen molar-refractivity contribution in [2.24, 2.45) is 11.8 Å². The SMILES string of the molecule is COCC(O)C(O)C1OC(O)(C(=O)OC)CC(O)C1C.COC[C@@H](O)[C@@H](O)[C@@H]1O[C@@](O)(C(=O)OC)C[C@H](O)[C@H]1C. The van der Waals surface area contributed by atoms with Crippen LogP contribution < -0.4 is 0 Å². The summed E-state index contributed by atoms with van der Waals surface area (Å²) < 4.78 is 28.7. The zero-order valence-electron chi connectivity index (χ0n) is 23.4. The molecule has 8 N–H and O–H groups in total. The van der Waals surface area contributed by atoms with E-state index in [1.807, 2.05) is 0 Å². The van der Waals surface area contributed by atoms with Gasteiger partial charge in [0.15, 0.2) is 0 Å². The van der Waals surface area contributed by atoms with E-state index in [1.165, 1.54) is 14.2 Å². The van der Waals surface area contributed by atoms with Gasteiger partial charge >= 0.3 is 11.9 Å². The summed E-state index contributed by atoms with van der Waals surface area (Å²) in [7, 11) is 4.83. The van der Waals surface area contributed by atoms with Crippen LogP contribution in [0.15, 0.2) is 0 Å². The molecule has 16 nitrogen and oxygen atoms in total. The Kier molecular flexibility index (Phi) is 14.2. The lowest BCUT2D eigenvalue weighted by Crippen LogP contribution is -2.60. The van der Waals surface area contributed by atoms with Gasteiger partial charge in [-0.05, 0) is 0 Å². The van der Waals surface area contributed by atoms with Gasteiger partial charge in [0.25, 0.3) is 11.6 Å². The number of carbonyl (C=O) groups is 2. The lowest BCUT2D eigenvalue weighted by molar-refractivity contribution is -0.303. The molecule has 0 saturated carbocycles. The second-order valence-electron chi connectivity index (χ2n) is 10.0. The Labute approximate surface area is 231 Å². The van der Waals surface area contributed by atoms with Crippen molar-refractivity contribution in [1.82, 2.24) is 0 Å². The summed E-state index contributed by atoms with van der Waals surface area (Å²) >= 11 is 0. The van der Waals surface area contributed by atoms with Crippen molar-refractivity contribution in [2.45, 2.75) is 87.1 Å². The van der Waals surface area contributed by atoms with E-state index in [0.29, 0.717) is 0 Å². The Bertz CT molecular complexity index is 735. The van der Waals surface area contributed by atoms with Crippen molar-refractivity contribution in [3.8, 4) is 0 Å². The molecule has 2 aliphatic rings. The Morgan fingerprint density at radius 1 is 0.725 bits per heavy atom. The van der Waals surface area contributed by atoms with Gasteiger partial charge in [-0.15, -0.1) is 0 Å². The van der Waals surface area contributed by atoms with Gasteiger partial charge in [-0.1, -0.05) is 13.8 Å². The van der Waals surface area contributed by atoms with Crippen LogP contribution in [-0.2, 0) is 38.0 Å². The summed E-state index contributed by atoms with van der Waals surface area (Å²) in [4.78, 5) is 23.1. The highest BCUT2D eigenvalue weighted by molar-refractivity contribution is 5.78. The monoisotopic (exact) mass is 588 g/mol. The van der Waals surface area contributed by atoms with Crippen LogP contribution in [0.25, 0.3) is 0 Å². The van der Waals surface area contributed by atoms with E-state index in [1.54, 1.807) is 13.8 Å². The van der Waals surface area contributed by atoms with Crippen molar-refractivity contribution in [1.29, 1.82) is 0 Å². The zero-order chi connectivity index (χ0) is 31.0. The van der Waals surface area contributed by atoms with Gasteiger partial charge in [-0.2, -0.15) is 0 Å². The van der Waals surface area contributed by atoms with Crippen molar-refractivity contribution in [3.63, 3.8) is 0 Å². The van der Waals surface area contributed by atoms with E-state index >= 15 is 0 Å². The van der Waals surface area contributed by atoms with Crippen LogP contribution in [0.5, 0.6) is 0 Å². The Morgan fingerprint density at radius 2 is 1.02 bits per heavy atom. The van der Waals surface area contributed by atoms with Crippen LogP contribution in [0.1, 0.15) is 26.7 Å². The fourth-order valence-electron chi connectivity index (χ4n) is 4.46. The van der Waals surface area contributed by atoms with Crippen LogP contribution in [-0.4, -0.2) is 155 Å². The minimum Gasteiger partial charge on any atom is -0.465 e. The van der Waals surface area contributed by atoms with E-state index in [0.717, 1.165) is 14.2 Å². The fraction of sp³-hybridized carbons (Fsp3) is 0.917. The van der Waals surface area contributed by atoms with E-state index in [9.17, 15) is 50.4 Å². The van der Waals surface area contributed by atoms with Crippen LogP contribution >= 0.6 is 0 Å². The predicted octanol–water partition coefficient (Wildman–Crippen LogP) is -4.00. The summed E-state index contributed by atoms with van der Waals surface area (Å²) in [6.45, 7) is 2.85. The molecule has 236 valence electrons. The number of methoxy groups -OCH3 is 4. The number of ether oxygens (including phenoxy) is 6. The molecule has 12 atom stereocenters.